The summed E-state index contributed by atoms with van der Waals surface area (Å²) >= 11 is 0. The summed E-state index contributed by atoms with van der Waals surface area (Å²) in [5, 5.41) is 7.75. The molecule has 6 heteroatoms. The molecule has 1 aliphatic heterocycles. The zero-order chi connectivity index (χ0) is 14.7. The van der Waals surface area contributed by atoms with Gasteiger partial charge in [0.2, 0.25) is 0 Å². The van der Waals surface area contributed by atoms with Crippen LogP contribution in [0.2, 0.25) is 0 Å². The number of hydrogen-bond acceptors (Lipinski definition) is 2. The van der Waals surface area contributed by atoms with Gasteiger partial charge < -0.3 is 10.2 Å². The fourth-order valence-corrected chi connectivity index (χ4v) is 3.06. The summed E-state index contributed by atoms with van der Waals surface area (Å²) in [6, 6.07) is 0. The van der Waals surface area contributed by atoms with Crippen molar-refractivity contribution in [1.82, 2.24) is 20.0 Å². The lowest BCUT2D eigenvalue weighted by atomic mass is 10.0. The highest BCUT2D eigenvalue weighted by Crippen LogP contribution is 2.32. The average Bonchev–Trinajstić information content (AvgIpc) is 2.99. The molecule has 1 unspecified atom stereocenters. The van der Waals surface area contributed by atoms with Crippen molar-refractivity contribution in [3.05, 3.63) is 18.0 Å². The highest BCUT2D eigenvalue weighted by atomic mass is 127. The first kappa shape index (κ1) is 17.6. The van der Waals surface area contributed by atoms with E-state index in [9.17, 15) is 0 Å². The van der Waals surface area contributed by atoms with Crippen LogP contribution in [0.5, 0.6) is 0 Å². The third-order valence-electron chi connectivity index (χ3n) is 4.51. The van der Waals surface area contributed by atoms with Crippen LogP contribution in [-0.2, 0) is 7.05 Å². The zero-order valence-corrected chi connectivity index (χ0v) is 16.0. The zero-order valence-electron chi connectivity index (χ0n) is 13.7. The lowest BCUT2D eigenvalue weighted by Gasteiger charge is -2.21. The van der Waals surface area contributed by atoms with Gasteiger partial charge in [0, 0.05) is 45.3 Å². The highest BCUT2D eigenvalue weighted by molar-refractivity contribution is 14.0. The Morgan fingerprint density at radius 2 is 2.23 bits per heavy atom. The number of aryl methyl sites for hydroxylation is 1. The second-order valence-corrected chi connectivity index (χ2v) is 6.35. The fraction of sp³-hybridized carbons (Fsp3) is 0.750. The van der Waals surface area contributed by atoms with Crippen molar-refractivity contribution >= 4 is 29.9 Å². The Morgan fingerprint density at radius 1 is 1.41 bits per heavy atom. The summed E-state index contributed by atoms with van der Waals surface area (Å²) < 4.78 is 1.90. The third kappa shape index (κ3) is 4.60. The Labute approximate surface area is 150 Å². The Hall–Kier alpha value is -0.790. The Balaban J connectivity index is 0.00000176. The number of guanidine groups is 1. The van der Waals surface area contributed by atoms with Crippen LogP contribution in [0, 0.1) is 5.92 Å². The Kier molecular flexibility index (Phi) is 6.52. The first-order chi connectivity index (χ1) is 10.3. The van der Waals surface area contributed by atoms with Gasteiger partial charge >= 0.3 is 0 Å². The molecule has 3 rings (SSSR count). The fourth-order valence-electron chi connectivity index (χ4n) is 3.06. The van der Waals surface area contributed by atoms with E-state index in [1.807, 2.05) is 17.9 Å². The number of nitrogens with one attached hydrogen (secondary N) is 1. The number of hydrogen-bond donors (Lipinski definition) is 1. The molecular formula is C16H28IN5. The van der Waals surface area contributed by atoms with E-state index >= 15 is 0 Å². The predicted molar refractivity (Wildman–Crippen MR) is 101 cm³/mol. The third-order valence-corrected chi connectivity index (χ3v) is 4.51. The van der Waals surface area contributed by atoms with Gasteiger partial charge in [-0.2, -0.15) is 5.10 Å². The van der Waals surface area contributed by atoms with Gasteiger partial charge in [-0.3, -0.25) is 9.67 Å². The van der Waals surface area contributed by atoms with Gasteiger partial charge in [0.05, 0.1) is 6.20 Å². The van der Waals surface area contributed by atoms with E-state index in [1.165, 1.54) is 31.2 Å². The number of halogens is 1. The SMILES string of the molecule is CCNC(=NCCC1CC1)N1CCC(c2cnn(C)c2)C1.I. The standard InChI is InChI=1S/C16H27N5.HI/c1-3-17-16(18-8-6-13-4-5-13)21-9-7-14(12-21)15-10-19-20(2)11-15;/h10-11,13-14H,3-9,12H2,1-2H3,(H,17,18);1H. The molecular weight excluding hydrogens is 389 g/mol. The minimum absolute atomic E-state index is 0. The van der Waals surface area contributed by atoms with Crippen molar-refractivity contribution in [1.29, 1.82) is 0 Å². The van der Waals surface area contributed by atoms with E-state index in [0.29, 0.717) is 5.92 Å². The minimum Gasteiger partial charge on any atom is -0.357 e. The van der Waals surface area contributed by atoms with Gasteiger partial charge in [-0.05, 0) is 31.2 Å². The number of aliphatic imine (C=N–C) groups is 1. The monoisotopic (exact) mass is 417 g/mol. The Bertz CT molecular complexity index is 494. The van der Waals surface area contributed by atoms with Gasteiger partial charge in [-0.1, -0.05) is 12.8 Å². The van der Waals surface area contributed by atoms with Gasteiger partial charge in [-0.15, -0.1) is 24.0 Å². The van der Waals surface area contributed by atoms with E-state index < -0.39 is 0 Å². The van der Waals surface area contributed by atoms with E-state index in [4.69, 9.17) is 4.99 Å². The van der Waals surface area contributed by atoms with Crippen molar-refractivity contribution in [3.63, 3.8) is 0 Å². The Morgan fingerprint density at radius 3 is 2.86 bits per heavy atom. The molecule has 1 N–H and O–H groups in total. The number of likely N-dealkylation sites (tertiary alicyclic amines) is 1. The van der Waals surface area contributed by atoms with Crippen LogP contribution in [0.25, 0.3) is 0 Å². The molecule has 0 amide bonds. The van der Waals surface area contributed by atoms with Gasteiger partial charge in [0.1, 0.15) is 0 Å². The molecule has 0 bridgehead atoms. The van der Waals surface area contributed by atoms with Gasteiger partial charge in [-0.25, -0.2) is 0 Å². The summed E-state index contributed by atoms with van der Waals surface area (Å²) in [6.45, 7) is 6.21. The van der Waals surface area contributed by atoms with Gasteiger partial charge in [0.15, 0.2) is 5.96 Å². The maximum Gasteiger partial charge on any atom is 0.193 e. The predicted octanol–water partition coefficient (Wildman–Crippen LogP) is 2.59. The number of aromatic nitrogens is 2. The van der Waals surface area contributed by atoms with Crippen LogP contribution >= 0.6 is 24.0 Å². The van der Waals surface area contributed by atoms with Crippen LogP contribution in [-0.4, -0.2) is 46.8 Å². The van der Waals surface area contributed by atoms with Crippen molar-refractivity contribution < 1.29 is 0 Å². The molecule has 0 spiro atoms. The molecule has 1 aromatic rings. The van der Waals surface area contributed by atoms with Gasteiger partial charge in [0.25, 0.3) is 0 Å². The van der Waals surface area contributed by atoms with Crippen molar-refractivity contribution in [2.45, 2.75) is 38.5 Å². The quantitative estimate of drug-likeness (QED) is 0.455. The maximum absolute atomic E-state index is 4.82. The highest BCUT2D eigenvalue weighted by Gasteiger charge is 2.27. The molecule has 1 atom stereocenters. The molecule has 0 aromatic carbocycles. The van der Waals surface area contributed by atoms with E-state index in [1.54, 1.807) is 0 Å². The first-order valence-corrected chi connectivity index (χ1v) is 8.28. The van der Waals surface area contributed by atoms with E-state index in [2.05, 4.69) is 28.4 Å². The molecule has 124 valence electrons. The largest absolute Gasteiger partial charge is 0.357 e. The van der Waals surface area contributed by atoms with Crippen molar-refractivity contribution in [2.75, 3.05) is 26.2 Å². The molecule has 0 radical (unpaired) electrons. The van der Waals surface area contributed by atoms with Crippen molar-refractivity contribution in [3.8, 4) is 0 Å². The van der Waals surface area contributed by atoms with Crippen LogP contribution in [0.4, 0.5) is 0 Å². The molecule has 2 aliphatic rings. The second-order valence-electron chi connectivity index (χ2n) is 6.35. The lowest BCUT2D eigenvalue weighted by molar-refractivity contribution is 0.485. The smallest absolute Gasteiger partial charge is 0.193 e. The summed E-state index contributed by atoms with van der Waals surface area (Å²) in [5.74, 6) is 2.65. The van der Waals surface area contributed by atoms with E-state index in [-0.39, 0.29) is 24.0 Å². The summed E-state index contributed by atoms with van der Waals surface area (Å²) in [5.41, 5.74) is 1.36. The summed E-state index contributed by atoms with van der Waals surface area (Å²) in [6.07, 6.45) is 9.43. The lowest BCUT2D eigenvalue weighted by Crippen LogP contribution is -2.40. The molecule has 1 saturated carbocycles. The normalized spacial score (nSPS) is 21.8. The van der Waals surface area contributed by atoms with Crippen LogP contribution in [0.15, 0.2) is 17.4 Å². The average molecular weight is 417 g/mol. The summed E-state index contributed by atoms with van der Waals surface area (Å²) in [4.78, 5) is 7.23. The second kappa shape index (κ2) is 8.17. The molecule has 1 aromatic heterocycles. The molecule has 2 fully saturated rings. The minimum atomic E-state index is 0. The molecule has 22 heavy (non-hydrogen) atoms. The van der Waals surface area contributed by atoms with E-state index in [0.717, 1.165) is 38.1 Å². The maximum atomic E-state index is 4.82. The molecule has 5 nitrogen and oxygen atoms in total. The topological polar surface area (TPSA) is 45.5 Å². The molecule has 2 heterocycles. The number of nitrogens with zero attached hydrogens (tertiary/aromatic N) is 4. The molecule has 1 aliphatic carbocycles. The number of rotatable bonds is 5. The summed E-state index contributed by atoms with van der Waals surface area (Å²) in [7, 11) is 1.99. The van der Waals surface area contributed by atoms with Crippen LogP contribution in [0.3, 0.4) is 0 Å². The van der Waals surface area contributed by atoms with Crippen molar-refractivity contribution in [2.24, 2.45) is 18.0 Å². The molecule has 1 saturated heterocycles. The van der Waals surface area contributed by atoms with Crippen LogP contribution in [0.1, 0.15) is 44.1 Å². The first-order valence-electron chi connectivity index (χ1n) is 8.28. The van der Waals surface area contributed by atoms with Crippen LogP contribution < -0.4 is 5.32 Å².